The Bertz CT molecular complexity index is 3500. The van der Waals surface area contributed by atoms with Crippen molar-refractivity contribution in [2.45, 2.75) is 0 Å². The van der Waals surface area contributed by atoms with Gasteiger partial charge in [0.2, 0.25) is 0 Å². The third kappa shape index (κ3) is 4.76. The van der Waals surface area contributed by atoms with Gasteiger partial charge < -0.3 is 4.57 Å². The highest BCUT2D eigenvalue weighted by molar-refractivity contribution is 6.30. The van der Waals surface area contributed by atoms with Crippen molar-refractivity contribution >= 4 is 75.7 Å². The van der Waals surface area contributed by atoms with Crippen LogP contribution in [-0.4, -0.2) is 4.57 Å². The molecule has 1 aromatic heterocycles. The molecule has 57 heavy (non-hydrogen) atoms. The van der Waals surface area contributed by atoms with Crippen LogP contribution in [0.2, 0.25) is 0 Å². The highest BCUT2D eigenvalue weighted by Gasteiger charge is 2.24. The molecule has 0 bridgehead atoms. The maximum absolute atomic E-state index is 2.53. The smallest absolute Gasteiger partial charge is 0.0619 e. The predicted octanol–water partition coefficient (Wildman–Crippen LogP) is 15.6. The number of hydrogen-bond acceptors (Lipinski definition) is 0. The fourth-order valence-corrected chi connectivity index (χ4v) is 9.69. The van der Waals surface area contributed by atoms with Crippen LogP contribution >= 0.6 is 0 Å². The SMILES string of the molecule is c1ccc(-c2ccc3c(-c4c5ccccc5c(-n5c6ccccc6c6cc7ccccc7cc65)c5ccccc45)c4ccccc4c(-c4ccccc4)c3c2)cc1. The monoisotopic (exact) mass is 721 g/mol. The Kier molecular flexibility index (Phi) is 7.00. The van der Waals surface area contributed by atoms with Crippen molar-refractivity contribution in [2.75, 3.05) is 0 Å². The lowest BCUT2D eigenvalue weighted by Gasteiger charge is -2.23. The molecule has 0 N–H and O–H groups in total. The first-order valence-electron chi connectivity index (χ1n) is 19.8. The van der Waals surface area contributed by atoms with E-state index in [9.17, 15) is 0 Å². The van der Waals surface area contributed by atoms with Gasteiger partial charge >= 0.3 is 0 Å². The lowest BCUT2D eigenvalue weighted by molar-refractivity contribution is 1.22. The van der Waals surface area contributed by atoms with E-state index in [4.69, 9.17) is 0 Å². The Labute approximate surface area is 330 Å². The predicted molar refractivity (Wildman–Crippen MR) is 245 cm³/mol. The maximum atomic E-state index is 2.53. The van der Waals surface area contributed by atoms with Crippen molar-refractivity contribution in [3.8, 4) is 39.1 Å². The molecule has 0 spiro atoms. The van der Waals surface area contributed by atoms with Crippen LogP contribution in [-0.2, 0) is 0 Å². The number of benzene rings is 11. The van der Waals surface area contributed by atoms with Gasteiger partial charge in [0.25, 0.3) is 0 Å². The van der Waals surface area contributed by atoms with Gasteiger partial charge in [-0.3, -0.25) is 0 Å². The molecule has 1 heteroatoms. The van der Waals surface area contributed by atoms with Crippen LogP contribution in [0.25, 0.3) is 115 Å². The summed E-state index contributed by atoms with van der Waals surface area (Å²) < 4.78 is 2.53. The lowest BCUT2D eigenvalue weighted by atomic mass is 9.82. The summed E-state index contributed by atoms with van der Waals surface area (Å²) in [6.45, 7) is 0. The molecule has 0 unspecified atom stereocenters. The van der Waals surface area contributed by atoms with E-state index in [2.05, 4.69) is 217 Å². The van der Waals surface area contributed by atoms with Crippen LogP contribution in [0.15, 0.2) is 212 Å². The molecule has 0 fully saturated rings. The summed E-state index contributed by atoms with van der Waals surface area (Å²) in [5, 5.41) is 15.0. The fraction of sp³-hybridized carbons (Fsp3) is 0. The number of aromatic nitrogens is 1. The van der Waals surface area contributed by atoms with Gasteiger partial charge in [-0.25, -0.2) is 0 Å². The van der Waals surface area contributed by atoms with Gasteiger partial charge in [0, 0.05) is 21.5 Å². The minimum absolute atomic E-state index is 1.21. The molecule has 0 amide bonds. The maximum Gasteiger partial charge on any atom is 0.0619 e. The second-order valence-corrected chi connectivity index (χ2v) is 15.2. The van der Waals surface area contributed by atoms with Gasteiger partial charge in [0.05, 0.1) is 16.7 Å². The first-order valence-corrected chi connectivity index (χ1v) is 19.8. The summed E-state index contributed by atoms with van der Waals surface area (Å²) in [5.74, 6) is 0. The molecule has 0 aliphatic heterocycles. The number of rotatable bonds is 4. The second-order valence-electron chi connectivity index (χ2n) is 15.2. The molecule has 0 radical (unpaired) electrons. The Morgan fingerprint density at radius 2 is 0.684 bits per heavy atom. The van der Waals surface area contributed by atoms with E-state index in [0.29, 0.717) is 0 Å². The van der Waals surface area contributed by atoms with Crippen LogP contribution in [0.4, 0.5) is 0 Å². The molecule has 1 heterocycles. The van der Waals surface area contributed by atoms with Gasteiger partial charge in [-0.1, -0.05) is 188 Å². The van der Waals surface area contributed by atoms with E-state index in [1.807, 2.05) is 0 Å². The number of para-hydroxylation sites is 1. The third-order valence-corrected chi connectivity index (χ3v) is 12.1. The summed E-state index contributed by atoms with van der Waals surface area (Å²) in [4.78, 5) is 0. The standard InChI is InChI=1S/C56H35N/c1-3-17-36(18-4-1)40-31-32-46-50(34-40)53(37-19-5-2-6-20-37)42-24-9-10-25-43(42)54(46)55-44-26-11-13-28-47(44)56(48-29-14-12-27-45(48)55)57-51-30-16-15-23-41(51)49-33-38-21-7-8-22-39(38)35-52(49)57/h1-35H. The van der Waals surface area contributed by atoms with Gasteiger partial charge in [0.15, 0.2) is 0 Å². The molecular formula is C56H35N. The van der Waals surface area contributed by atoms with E-state index in [0.717, 1.165) is 0 Å². The van der Waals surface area contributed by atoms with Crippen LogP contribution < -0.4 is 0 Å². The largest absolute Gasteiger partial charge is 0.308 e. The molecule has 11 aromatic carbocycles. The Morgan fingerprint density at radius 1 is 0.228 bits per heavy atom. The average Bonchev–Trinajstić information content (AvgIpc) is 3.59. The number of nitrogens with zero attached hydrogens (tertiary/aromatic N) is 1. The zero-order chi connectivity index (χ0) is 37.5. The van der Waals surface area contributed by atoms with Gasteiger partial charge in [-0.2, -0.15) is 0 Å². The normalized spacial score (nSPS) is 11.9. The lowest BCUT2D eigenvalue weighted by Crippen LogP contribution is -2.00. The van der Waals surface area contributed by atoms with Crippen LogP contribution in [0.5, 0.6) is 0 Å². The molecule has 0 aliphatic carbocycles. The highest BCUT2D eigenvalue weighted by Crippen LogP contribution is 2.50. The molecule has 12 aromatic rings. The van der Waals surface area contributed by atoms with E-state index in [1.165, 1.54) is 115 Å². The first-order chi connectivity index (χ1) is 28.3. The van der Waals surface area contributed by atoms with Gasteiger partial charge in [-0.05, 0) is 101 Å². The summed E-state index contributed by atoms with van der Waals surface area (Å²) in [6.07, 6.45) is 0. The number of fused-ring (bicyclic) bond motifs is 8. The first kappa shape index (κ1) is 31.8. The van der Waals surface area contributed by atoms with E-state index >= 15 is 0 Å². The van der Waals surface area contributed by atoms with Crippen molar-refractivity contribution < 1.29 is 0 Å². The summed E-state index contributed by atoms with van der Waals surface area (Å²) >= 11 is 0. The fourth-order valence-electron chi connectivity index (χ4n) is 9.69. The molecular weight excluding hydrogens is 687 g/mol. The van der Waals surface area contributed by atoms with E-state index in [1.54, 1.807) is 0 Å². The van der Waals surface area contributed by atoms with E-state index in [-0.39, 0.29) is 0 Å². The van der Waals surface area contributed by atoms with Gasteiger partial charge in [0.1, 0.15) is 0 Å². The molecule has 1 nitrogen and oxygen atoms in total. The van der Waals surface area contributed by atoms with Crippen molar-refractivity contribution in [1.82, 2.24) is 4.57 Å². The topological polar surface area (TPSA) is 4.93 Å². The molecule has 0 atom stereocenters. The molecule has 264 valence electrons. The Morgan fingerprint density at radius 3 is 1.32 bits per heavy atom. The summed E-state index contributed by atoms with van der Waals surface area (Å²) in [7, 11) is 0. The van der Waals surface area contributed by atoms with Crippen molar-refractivity contribution in [1.29, 1.82) is 0 Å². The van der Waals surface area contributed by atoms with Crippen molar-refractivity contribution in [2.24, 2.45) is 0 Å². The van der Waals surface area contributed by atoms with Crippen LogP contribution in [0, 0.1) is 0 Å². The molecule has 0 saturated heterocycles. The van der Waals surface area contributed by atoms with Crippen molar-refractivity contribution in [3.05, 3.63) is 212 Å². The molecule has 12 rings (SSSR count). The minimum Gasteiger partial charge on any atom is -0.308 e. The second kappa shape index (κ2) is 12.5. The number of hydrogen-bond donors (Lipinski definition) is 0. The third-order valence-electron chi connectivity index (χ3n) is 12.1. The van der Waals surface area contributed by atoms with Crippen LogP contribution in [0.3, 0.4) is 0 Å². The van der Waals surface area contributed by atoms with E-state index < -0.39 is 0 Å². The molecule has 0 saturated carbocycles. The van der Waals surface area contributed by atoms with Crippen molar-refractivity contribution in [3.63, 3.8) is 0 Å². The average molecular weight is 722 g/mol. The Balaban J connectivity index is 1.26. The summed E-state index contributed by atoms with van der Waals surface area (Å²) in [5.41, 5.74) is 11.1. The summed E-state index contributed by atoms with van der Waals surface area (Å²) in [6, 6.07) is 78.4. The van der Waals surface area contributed by atoms with Gasteiger partial charge in [-0.15, -0.1) is 0 Å². The zero-order valence-electron chi connectivity index (χ0n) is 31.2. The molecule has 0 aliphatic rings. The van der Waals surface area contributed by atoms with Crippen LogP contribution in [0.1, 0.15) is 0 Å². The Hall–Kier alpha value is -7.48. The highest BCUT2D eigenvalue weighted by atomic mass is 15.0. The zero-order valence-corrected chi connectivity index (χ0v) is 31.2. The quantitative estimate of drug-likeness (QED) is 0.160. The minimum atomic E-state index is 1.21.